The van der Waals surface area contributed by atoms with E-state index in [4.69, 9.17) is 4.74 Å². The molecule has 0 unspecified atom stereocenters. The van der Waals surface area contributed by atoms with E-state index in [2.05, 4.69) is 20.6 Å². The van der Waals surface area contributed by atoms with Crippen molar-refractivity contribution in [2.45, 2.75) is 12.8 Å². The summed E-state index contributed by atoms with van der Waals surface area (Å²) in [5.41, 5.74) is 2.24. The van der Waals surface area contributed by atoms with Gasteiger partial charge in [-0.2, -0.15) is 0 Å². The SMILES string of the molecule is CNC(=O)c1cnc(NC(=O)C2CC2)c2[nH]c(-c3cccc(N4CCOCC4)c3F)cc12. The molecule has 166 valence electrons. The lowest BCUT2D eigenvalue weighted by atomic mass is 10.1. The predicted molar refractivity (Wildman–Crippen MR) is 119 cm³/mol. The average molecular weight is 437 g/mol. The van der Waals surface area contributed by atoms with Crippen molar-refractivity contribution in [1.29, 1.82) is 0 Å². The number of benzene rings is 1. The molecule has 1 aromatic carbocycles. The van der Waals surface area contributed by atoms with Crippen LogP contribution in [0.5, 0.6) is 0 Å². The van der Waals surface area contributed by atoms with E-state index in [0.717, 1.165) is 12.8 Å². The van der Waals surface area contributed by atoms with Crippen LogP contribution < -0.4 is 15.5 Å². The third-order valence-electron chi connectivity index (χ3n) is 5.95. The van der Waals surface area contributed by atoms with E-state index in [9.17, 15) is 9.59 Å². The van der Waals surface area contributed by atoms with Crippen molar-refractivity contribution in [2.75, 3.05) is 43.6 Å². The lowest BCUT2D eigenvalue weighted by molar-refractivity contribution is -0.117. The number of rotatable bonds is 5. The molecule has 0 bridgehead atoms. The first-order valence-corrected chi connectivity index (χ1v) is 10.7. The van der Waals surface area contributed by atoms with Crippen LogP contribution in [0.3, 0.4) is 0 Å². The first kappa shape index (κ1) is 20.4. The zero-order valence-electron chi connectivity index (χ0n) is 17.7. The second-order valence-electron chi connectivity index (χ2n) is 8.07. The van der Waals surface area contributed by atoms with Gasteiger partial charge in [-0.15, -0.1) is 0 Å². The van der Waals surface area contributed by atoms with Gasteiger partial charge in [-0.05, 0) is 31.0 Å². The van der Waals surface area contributed by atoms with Crippen LogP contribution in [0.25, 0.3) is 22.2 Å². The standard InChI is InChI=1S/C23H24FN5O3/c1-25-23(31)16-12-26-21(28-22(30)13-5-6-13)20-15(16)11-17(27-20)14-3-2-4-18(19(14)24)29-7-9-32-10-8-29/h2-4,11-13,27H,5-10H2,1H3,(H,25,31)(H,26,28,30). The fraction of sp³-hybridized carbons (Fsp3) is 0.348. The van der Waals surface area contributed by atoms with Crippen molar-refractivity contribution in [1.82, 2.24) is 15.3 Å². The van der Waals surface area contributed by atoms with Crippen LogP contribution >= 0.6 is 0 Å². The molecule has 1 saturated carbocycles. The number of nitrogens with one attached hydrogen (secondary N) is 3. The number of ether oxygens (including phenoxy) is 1. The molecule has 5 rings (SSSR count). The van der Waals surface area contributed by atoms with Gasteiger partial charge in [-0.1, -0.05) is 6.07 Å². The molecule has 9 heteroatoms. The molecule has 32 heavy (non-hydrogen) atoms. The molecule has 3 heterocycles. The summed E-state index contributed by atoms with van der Waals surface area (Å²) in [6.45, 7) is 2.35. The van der Waals surface area contributed by atoms with Crippen LogP contribution in [0, 0.1) is 11.7 Å². The molecular weight excluding hydrogens is 413 g/mol. The summed E-state index contributed by atoms with van der Waals surface area (Å²) in [5, 5.41) is 6.01. The molecule has 0 radical (unpaired) electrons. The van der Waals surface area contributed by atoms with E-state index in [1.807, 2.05) is 11.0 Å². The number of amides is 2. The number of nitrogens with zero attached hydrogens (tertiary/aromatic N) is 2. The van der Waals surface area contributed by atoms with Gasteiger partial charge < -0.3 is 25.3 Å². The molecule has 3 aromatic rings. The second-order valence-corrected chi connectivity index (χ2v) is 8.07. The normalized spacial score (nSPS) is 16.2. The number of anilines is 2. The fourth-order valence-corrected chi connectivity index (χ4v) is 4.01. The van der Waals surface area contributed by atoms with Crippen LogP contribution in [0.1, 0.15) is 23.2 Å². The fourth-order valence-electron chi connectivity index (χ4n) is 4.01. The number of hydrogen-bond acceptors (Lipinski definition) is 5. The highest BCUT2D eigenvalue weighted by Gasteiger charge is 2.30. The third-order valence-corrected chi connectivity index (χ3v) is 5.95. The highest BCUT2D eigenvalue weighted by Crippen LogP contribution is 2.35. The molecule has 1 aliphatic heterocycles. The Kier molecular flexibility index (Phi) is 5.26. The van der Waals surface area contributed by atoms with Gasteiger partial charge >= 0.3 is 0 Å². The number of H-pyrrole nitrogens is 1. The highest BCUT2D eigenvalue weighted by molar-refractivity contribution is 6.11. The first-order valence-electron chi connectivity index (χ1n) is 10.7. The zero-order chi connectivity index (χ0) is 22.2. The number of aromatic nitrogens is 2. The molecule has 2 aliphatic rings. The molecule has 3 N–H and O–H groups in total. The lowest BCUT2D eigenvalue weighted by Gasteiger charge is -2.29. The molecule has 2 aromatic heterocycles. The van der Waals surface area contributed by atoms with Gasteiger partial charge in [0.2, 0.25) is 5.91 Å². The Hall–Kier alpha value is -3.46. The van der Waals surface area contributed by atoms with Crippen LogP contribution in [0.2, 0.25) is 0 Å². The molecule has 2 fully saturated rings. The number of carbonyl (C=O) groups is 2. The molecule has 8 nitrogen and oxygen atoms in total. The average Bonchev–Trinajstić information content (AvgIpc) is 3.58. The lowest BCUT2D eigenvalue weighted by Crippen LogP contribution is -2.36. The summed E-state index contributed by atoms with van der Waals surface area (Å²) < 4.78 is 20.9. The Morgan fingerprint density at radius 1 is 1.25 bits per heavy atom. The minimum Gasteiger partial charge on any atom is -0.378 e. The molecule has 1 aliphatic carbocycles. The summed E-state index contributed by atoms with van der Waals surface area (Å²) in [6.07, 6.45) is 3.16. The summed E-state index contributed by atoms with van der Waals surface area (Å²) in [6, 6.07) is 6.99. The number of pyridine rings is 1. The van der Waals surface area contributed by atoms with Crippen molar-refractivity contribution in [3.8, 4) is 11.3 Å². The maximum atomic E-state index is 15.6. The van der Waals surface area contributed by atoms with E-state index in [1.54, 1.807) is 18.2 Å². The zero-order valence-corrected chi connectivity index (χ0v) is 17.7. The van der Waals surface area contributed by atoms with Gasteiger partial charge in [-0.25, -0.2) is 9.37 Å². The van der Waals surface area contributed by atoms with Crippen molar-refractivity contribution in [2.24, 2.45) is 5.92 Å². The molecular formula is C23H24FN5O3. The van der Waals surface area contributed by atoms with E-state index < -0.39 is 0 Å². The summed E-state index contributed by atoms with van der Waals surface area (Å²) in [5.74, 6) is -0.416. The number of halogens is 1. The number of morpholine rings is 1. The number of carbonyl (C=O) groups excluding carboxylic acids is 2. The van der Waals surface area contributed by atoms with Gasteiger partial charge in [0.15, 0.2) is 11.6 Å². The summed E-state index contributed by atoms with van der Waals surface area (Å²) >= 11 is 0. The number of fused-ring (bicyclic) bond motifs is 1. The Morgan fingerprint density at radius 3 is 2.75 bits per heavy atom. The highest BCUT2D eigenvalue weighted by atomic mass is 19.1. The van der Waals surface area contributed by atoms with Crippen molar-refractivity contribution >= 4 is 34.2 Å². The first-order chi connectivity index (χ1) is 15.6. The van der Waals surface area contributed by atoms with Gasteiger partial charge in [0.1, 0.15) is 0 Å². The molecule has 0 spiro atoms. The van der Waals surface area contributed by atoms with Crippen LogP contribution in [0.15, 0.2) is 30.5 Å². The quantitative estimate of drug-likeness (QED) is 0.570. The predicted octanol–water partition coefficient (Wildman–Crippen LogP) is 2.91. The van der Waals surface area contributed by atoms with Gasteiger partial charge in [0.05, 0.1) is 30.0 Å². The monoisotopic (exact) mass is 437 g/mol. The minimum absolute atomic E-state index is 0.00236. The Labute approximate surface area is 184 Å². The number of hydrogen-bond donors (Lipinski definition) is 3. The molecule has 1 saturated heterocycles. The van der Waals surface area contributed by atoms with Crippen LogP contribution in [-0.4, -0.2) is 55.1 Å². The third kappa shape index (κ3) is 3.69. The van der Waals surface area contributed by atoms with Crippen molar-refractivity contribution in [3.05, 3.63) is 41.8 Å². The molecule has 2 amide bonds. The maximum Gasteiger partial charge on any atom is 0.253 e. The van der Waals surface area contributed by atoms with Gasteiger partial charge in [-0.3, -0.25) is 9.59 Å². The van der Waals surface area contributed by atoms with E-state index in [-0.39, 0.29) is 23.5 Å². The Balaban J connectivity index is 1.60. The van der Waals surface area contributed by atoms with E-state index in [1.165, 1.54) is 13.2 Å². The van der Waals surface area contributed by atoms with Gasteiger partial charge in [0, 0.05) is 48.9 Å². The summed E-state index contributed by atoms with van der Waals surface area (Å²) in [7, 11) is 1.54. The topological polar surface area (TPSA) is 99.3 Å². The number of aromatic amines is 1. The maximum absolute atomic E-state index is 15.6. The smallest absolute Gasteiger partial charge is 0.253 e. The second kappa shape index (κ2) is 8.23. The Bertz CT molecular complexity index is 1200. The van der Waals surface area contributed by atoms with Crippen molar-refractivity contribution in [3.63, 3.8) is 0 Å². The minimum atomic E-state index is -0.348. The van der Waals surface area contributed by atoms with Crippen LogP contribution in [-0.2, 0) is 9.53 Å². The summed E-state index contributed by atoms with van der Waals surface area (Å²) in [4.78, 5) is 34.2. The van der Waals surface area contributed by atoms with Gasteiger partial charge in [0.25, 0.3) is 5.91 Å². The molecule has 0 atom stereocenters. The van der Waals surface area contributed by atoms with E-state index in [0.29, 0.717) is 65.5 Å². The van der Waals surface area contributed by atoms with Crippen molar-refractivity contribution < 1.29 is 18.7 Å². The van der Waals surface area contributed by atoms with Crippen LogP contribution in [0.4, 0.5) is 15.9 Å². The van der Waals surface area contributed by atoms with E-state index >= 15 is 4.39 Å². The Morgan fingerprint density at radius 2 is 2.03 bits per heavy atom. The largest absolute Gasteiger partial charge is 0.378 e.